The van der Waals surface area contributed by atoms with Crippen molar-refractivity contribution in [3.05, 3.63) is 52.1 Å². The first kappa shape index (κ1) is 20.3. The van der Waals surface area contributed by atoms with Crippen LogP contribution in [0.1, 0.15) is 17.3 Å². The molecule has 0 fully saturated rings. The molecule has 0 amide bonds. The van der Waals surface area contributed by atoms with E-state index in [1.165, 1.54) is 18.2 Å². The number of hydrogen-bond acceptors (Lipinski definition) is 8. The highest BCUT2D eigenvalue weighted by Gasteiger charge is 2.21. The average Bonchev–Trinajstić information content (AvgIpc) is 3.15. The lowest BCUT2D eigenvalue weighted by Crippen LogP contribution is -2.01. The van der Waals surface area contributed by atoms with Gasteiger partial charge in [0.2, 0.25) is 0 Å². The summed E-state index contributed by atoms with van der Waals surface area (Å²) in [5.74, 6) is 1.80. The van der Waals surface area contributed by atoms with Crippen molar-refractivity contribution in [1.82, 2.24) is 14.8 Å². The van der Waals surface area contributed by atoms with E-state index in [1.807, 2.05) is 23.6 Å². The Labute approximate surface area is 170 Å². The number of hydrogen-bond donors (Lipinski definition) is 0. The smallest absolute Gasteiger partial charge is 0.284 e. The van der Waals surface area contributed by atoms with E-state index < -0.39 is 4.92 Å². The van der Waals surface area contributed by atoms with E-state index in [-0.39, 0.29) is 11.3 Å². The van der Waals surface area contributed by atoms with E-state index >= 15 is 0 Å². The number of rotatable bonds is 8. The number of benzene rings is 2. The molecule has 0 saturated carbocycles. The molecular formula is C19H18N4O5S. The number of methoxy groups -OCH3 is 2. The van der Waals surface area contributed by atoms with Crippen molar-refractivity contribution in [3.63, 3.8) is 0 Å². The summed E-state index contributed by atoms with van der Waals surface area (Å²) in [6.07, 6.45) is 0.574. The lowest BCUT2D eigenvalue weighted by molar-refractivity contribution is -0.387. The maximum absolute atomic E-state index is 11.4. The number of nitro groups is 1. The van der Waals surface area contributed by atoms with Crippen molar-refractivity contribution in [3.8, 4) is 22.9 Å². The molecule has 0 N–H and O–H groups in total. The summed E-state index contributed by atoms with van der Waals surface area (Å²) in [7, 11) is 3.12. The quantitative estimate of drug-likeness (QED) is 0.310. The molecule has 0 radical (unpaired) electrons. The number of nitrogens with zero attached hydrogens (tertiary/aromatic N) is 4. The van der Waals surface area contributed by atoms with Gasteiger partial charge in [-0.25, -0.2) is 0 Å². The molecule has 1 aromatic heterocycles. The molecule has 0 atom stereocenters. The van der Waals surface area contributed by atoms with E-state index in [1.54, 1.807) is 20.3 Å². The van der Waals surface area contributed by atoms with Gasteiger partial charge in [-0.15, -0.1) is 10.2 Å². The van der Waals surface area contributed by atoms with Crippen LogP contribution in [0.3, 0.4) is 0 Å². The average molecular weight is 414 g/mol. The second-order valence-electron chi connectivity index (χ2n) is 5.86. The molecule has 29 heavy (non-hydrogen) atoms. The van der Waals surface area contributed by atoms with Gasteiger partial charge >= 0.3 is 0 Å². The topological polar surface area (TPSA) is 109 Å². The summed E-state index contributed by atoms with van der Waals surface area (Å²) in [5.41, 5.74) is 0.824. The third-order valence-corrected chi connectivity index (χ3v) is 5.21. The predicted molar refractivity (Wildman–Crippen MR) is 107 cm³/mol. The minimum Gasteiger partial charge on any atom is -0.497 e. The normalized spacial score (nSPS) is 10.6. The Morgan fingerprint density at radius 1 is 1.14 bits per heavy atom. The highest BCUT2D eigenvalue weighted by Crippen LogP contribution is 2.36. The molecule has 0 spiro atoms. The highest BCUT2D eigenvalue weighted by atomic mass is 32.2. The first-order chi connectivity index (χ1) is 14.0. The van der Waals surface area contributed by atoms with E-state index in [2.05, 4.69) is 10.2 Å². The van der Waals surface area contributed by atoms with Gasteiger partial charge in [0.1, 0.15) is 17.8 Å². The summed E-state index contributed by atoms with van der Waals surface area (Å²) in [6, 6.07) is 9.70. The molecule has 10 heteroatoms. The van der Waals surface area contributed by atoms with Crippen molar-refractivity contribution in [2.75, 3.05) is 14.2 Å². The first-order valence-electron chi connectivity index (χ1n) is 8.58. The fourth-order valence-corrected chi connectivity index (χ4v) is 3.71. The standard InChI is InChI=1S/C19H18N4O5S/c1-4-22-18(13-8-14(27-2)10-15(9-13)28-3)20-21-19(22)29-17-6-5-12(11-24)7-16(17)23(25)26/h5-11H,4H2,1-3H3. The van der Waals surface area contributed by atoms with Crippen LogP contribution in [0.2, 0.25) is 0 Å². The molecule has 9 nitrogen and oxygen atoms in total. The van der Waals surface area contributed by atoms with Crippen molar-refractivity contribution in [1.29, 1.82) is 0 Å². The molecule has 0 unspecified atom stereocenters. The Morgan fingerprint density at radius 2 is 1.83 bits per heavy atom. The molecule has 2 aromatic carbocycles. The summed E-state index contributed by atoms with van der Waals surface area (Å²) < 4.78 is 12.5. The fraction of sp³-hybridized carbons (Fsp3) is 0.211. The summed E-state index contributed by atoms with van der Waals surface area (Å²) in [5, 5.41) is 20.4. The molecule has 0 aliphatic heterocycles. The van der Waals surface area contributed by atoms with E-state index in [4.69, 9.17) is 9.47 Å². The van der Waals surface area contributed by atoms with Crippen LogP contribution in [0.4, 0.5) is 5.69 Å². The van der Waals surface area contributed by atoms with Gasteiger partial charge in [-0.2, -0.15) is 0 Å². The lowest BCUT2D eigenvalue weighted by Gasteiger charge is -2.10. The Kier molecular flexibility index (Phi) is 6.13. The van der Waals surface area contributed by atoms with Gasteiger partial charge in [0.25, 0.3) is 5.69 Å². The van der Waals surface area contributed by atoms with Crippen molar-refractivity contribution < 1.29 is 19.2 Å². The van der Waals surface area contributed by atoms with E-state index in [0.29, 0.717) is 40.2 Å². The largest absolute Gasteiger partial charge is 0.497 e. The monoisotopic (exact) mass is 414 g/mol. The first-order valence-corrected chi connectivity index (χ1v) is 9.40. The van der Waals surface area contributed by atoms with Gasteiger partial charge in [-0.1, -0.05) is 6.07 Å². The third kappa shape index (κ3) is 4.21. The number of nitro benzene ring substituents is 1. The van der Waals surface area contributed by atoms with E-state index in [0.717, 1.165) is 17.3 Å². The number of carbonyl (C=O) groups is 1. The van der Waals surface area contributed by atoms with Gasteiger partial charge in [0.15, 0.2) is 11.0 Å². The molecule has 1 heterocycles. The van der Waals surface area contributed by atoms with Crippen molar-refractivity contribution >= 4 is 23.7 Å². The van der Waals surface area contributed by atoms with Crippen LogP contribution in [0.15, 0.2) is 46.5 Å². The maximum Gasteiger partial charge on any atom is 0.284 e. The van der Waals surface area contributed by atoms with Crippen LogP contribution in [-0.2, 0) is 6.54 Å². The molecule has 0 saturated heterocycles. The fourth-order valence-electron chi connectivity index (χ4n) is 2.73. The Hall–Kier alpha value is -3.40. The Bertz CT molecular complexity index is 1040. The van der Waals surface area contributed by atoms with Gasteiger partial charge in [-0.05, 0) is 36.9 Å². The second kappa shape index (κ2) is 8.74. The maximum atomic E-state index is 11.4. The predicted octanol–water partition coefficient (Wildman–Crippen LogP) is 3.85. The number of aromatic nitrogens is 3. The molecule has 0 bridgehead atoms. The van der Waals surface area contributed by atoms with Crippen LogP contribution in [-0.4, -0.2) is 40.2 Å². The summed E-state index contributed by atoms with van der Waals surface area (Å²) in [6.45, 7) is 2.47. The number of aldehydes is 1. The second-order valence-corrected chi connectivity index (χ2v) is 6.87. The minimum atomic E-state index is -0.518. The van der Waals surface area contributed by atoms with Gasteiger partial charge in [-0.3, -0.25) is 14.9 Å². The third-order valence-electron chi connectivity index (χ3n) is 4.16. The summed E-state index contributed by atoms with van der Waals surface area (Å²) >= 11 is 1.12. The molecule has 0 aliphatic carbocycles. The summed E-state index contributed by atoms with van der Waals surface area (Å²) in [4.78, 5) is 22.2. The van der Waals surface area contributed by atoms with Crippen LogP contribution in [0.25, 0.3) is 11.4 Å². The Morgan fingerprint density at radius 3 is 2.38 bits per heavy atom. The van der Waals surface area contributed by atoms with Crippen LogP contribution < -0.4 is 9.47 Å². The van der Waals surface area contributed by atoms with E-state index in [9.17, 15) is 14.9 Å². The molecule has 0 aliphatic rings. The van der Waals surface area contributed by atoms with Gasteiger partial charge < -0.3 is 14.0 Å². The molecule has 3 rings (SSSR count). The number of ether oxygens (including phenoxy) is 2. The van der Waals surface area contributed by atoms with Gasteiger partial charge in [0.05, 0.1) is 24.0 Å². The SMILES string of the molecule is CCn1c(Sc2ccc(C=O)cc2[N+](=O)[O-])nnc1-c1cc(OC)cc(OC)c1. The zero-order valence-corrected chi connectivity index (χ0v) is 16.8. The van der Waals surface area contributed by atoms with Crippen LogP contribution in [0.5, 0.6) is 11.5 Å². The zero-order valence-electron chi connectivity index (χ0n) is 16.0. The zero-order chi connectivity index (χ0) is 21.0. The molecule has 150 valence electrons. The Balaban J connectivity index is 2.04. The number of carbonyl (C=O) groups excluding carboxylic acids is 1. The molecule has 3 aromatic rings. The van der Waals surface area contributed by atoms with Gasteiger partial charge in [0, 0.05) is 29.8 Å². The van der Waals surface area contributed by atoms with Crippen LogP contribution >= 0.6 is 11.8 Å². The van der Waals surface area contributed by atoms with Crippen molar-refractivity contribution in [2.24, 2.45) is 0 Å². The van der Waals surface area contributed by atoms with Crippen molar-refractivity contribution in [2.45, 2.75) is 23.5 Å². The molecular weight excluding hydrogens is 396 g/mol. The van der Waals surface area contributed by atoms with Crippen LogP contribution in [0, 0.1) is 10.1 Å². The highest BCUT2D eigenvalue weighted by molar-refractivity contribution is 7.99. The lowest BCUT2D eigenvalue weighted by atomic mass is 10.2. The minimum absolute atomic E-state index is 0.158.